The molecule has 1 heterocycles. The summed E-state index contributed by atoms with van der Waals surface area (Å²) in [5.41, 5.74) is 0.945. The largest absolute Gasteiger partial charge is 0.497 e. The smallest absolute Gasteiger partial charge is 0.230 e. The number of methoxy groups -OCH3 is 1. The van der Waals surface area contributed by atoms with Crippen LogP contribution in [0.1, 0.15) is 24.1 Å². The van der Waals surface area contributed by atoms with Gasteiger partial charge < -0.3 is 9.64 Å². The lowest BCUT2D eigenvalue weighted by Gasteiger charge is -2.31. The van der Waals surface area contributed by atoms with Crippen molar-refractivity contribution in [3.8, 4) is 5.75 Å². The summed E-state index contributed by atoms with van der Waals surface area (Å²) in [7, 11) is 1.65. The first kappa shape index (κ1) is 14.1. The van der Waals surface area contributed by atoms with Crippen molar-refractivity contribution >= 4 is 22.9 Å². The number of carbonyl (C=O) groups is 1. The minimum absolute atomic E-state index is 0.201. The molecule has 1 amide bonds. The van der Waals surface area contributed by atoms with Crippen LogP contribution in [0.15, 0.2) is 41.8 Å². The fourth-order valence-electron chi connectivity index (χ4n) is 2.49. The van der Waals surface area contributed by atoms with Gasteiger partial charge in [0.2, 0.25) is 5.91 Å². The Balaban J connectivity index is 1.84. The summed E-state index contributed by atoms with van der Waals surface area (Å²) >= 11 is 1.69. The fraction of sp³-hybridized carbons (Fsp3) is 0.353. The molecule has 1 aromatic heterocycles. The van der Waals surface area contributed by atoms with E-state index in [1.54, 1.807) is 18.4 Å². The second kappa shape index (κ2) is 6.31. The molecule has 1 aliphatic rings. The Hall–Kier alpha value is -1.81. The maximum atomic E-state index is 12.7. The lowest BCUT2D eigenvalue weighted by molar-refractivity contribution is -0.124. The van der Waals surface area contributed by atoms with E-state index in [1.165, 1.54) is 11.3 Å². The molecule has 0 N–H and O–H groups in total. The maximum absolute atomic E-state index is 12.7. The predicted molar refractivity (Wildman–Crippen MR) is 85.8 cm³/mol. The SMILES string of the molecule is COc1ccc(N(Cc2cccs2)C(=O)C2CCC2)cc1. The van der Waals surface area contributed by atoms with E-state index in [0.29, 0.717) is 6.54 Å². The number of anilines is 1. The summed E-state index contributed by atoms with van der Waals surface area (Å²) in [6.45, 7) is 0.652. The molecule has 0 saturated heterocycles. The van der Waals surface area contributed by atoms with E-state index >= 15 is 0 Å². The topological polar surface area (TPSA) is 29.5 Å². The summed E-state index contributed by atoms with van der Waals surface area (Å²) < 4.78 is 5.19. The highest BCUT2D eigenvalue weighted by molar-refractivity contribution is 7.09. The molecule has 0 atom stereocenters. The van der Waals surface area contributed by atoms with E-state index in [2.05, 4.69) is 11.4 Å². The first-order valence-corrected chi connectivity index (χ1v) is 8.13. The highest BCUT2D eigenvalue weighted by Gasteiger charge is 2.30. The molecule has 1 saturated carbocycles. The Morgan fingerprint density at radius 3 is 2.57 bits per heavy atom. The molecule has 0 spiro atoms. The molecule has 1 fully saturated rings. The van der Waals surface area contributed by atoms with Gasteiger partial charge in [0, 0.05) is 16.5 Å². The number of rotatable bonds is 5. The maximum Gasteiger partial charge on any atom is 0.230 e. The monoisotopic (exact) mass is 301 g/mol. The Morgan fingerprint density at radius 2 is 2.05 bits per heavy atom. The van der Waals surface area contributed by atoms with Crippen molar-refractivity contribution in [1.29, 1.82) is 0 Å². The van der Waals surface area contributed by atoms with Gasteiger partial charge in [0.05, 0.1) is 13.7 Å². The van der Waals surface area contributed by atoms with Crippen LogP contribution in [0.4, 0.5) is 5.69 Å². The van der Waals surface area contributed by atoms with Gasteiger partial charge in [-0.15, -0.1) is 11.3 Å². The Bertz CT molecular complexity index is 588. The van der Waals surface area contributed by atoms with Gasteiger partial charge in [-0.05, 0) is 48.6 Å². The molecule has 0 bridgehead atoms. The van der Waals surface area contributed by atoms with Crippen LogP contribution in [0.3, 0.4) is 0 Å². The molecule has 21 heavy (non-hydrogen) atoms. The zero-order chi connectivity index (χ0) is 14.7. The summed E-state index contributed by atoms with van der Waals surface area (Å²) in [5.74, 6) is 1.26. The number of carbonyl (C=O) groups excluding carboxylic acids is 1. The van der Waals surface area contributed by atoms with Crippen LogP contribution in [0.5, 0.6) is 5.75 Å². The molecule has 3 rings (SSSR count). The van der Waals surface area contributed by atoms with Crippen LogP contribution in [0, 0.1) is 5.92 Å². The summed E-state index contributed by atoms with van der Waals surface area (Å²) in [5, 5.41) is 2.05. The third kappa shape index (κ3) is 3.10. The van der Waals surface area contributed by atoms with Gasteiger partial charge in [0.25, 0.3) is 0 Å². The van der Waals surface area contributed by atoms with E-state index in [9.17, 15) is 4.79 Å². The highest BCUT2D eigenvalue weighted by Crippen LogP contribution is 2.32. The van der Waals surface area contributed by atoms with Gasteiger partial charge in [-0.3, -0.25) is 4.79 Å². The molecule has 110 valence electrons. The second-order valence-electron chi connectivity index (χ2n) is 5.33. The molecule has 0 aliphatic heterocycles. The molecule has 0 unspecified atom stereocenters. The van der Waals surface area contributed by atoms with E-state index < -0.39 is 0 Å². The third-order valence-corrected chi connectivity index (χ3v) is 4.86. The van der Waals surface area contributed by atoms with Gasteiger partial charge >= 0.3 is 0 Å². The van der Waals surface area contributed by atoms with Crippen molar-refractivity contribution in [2.45, 2.75) is 25.8 Å². The molecule has 2 aromatic rings. The summed E-state index contributed by atoms with van der Waals surface area (Å²) in [6.07, 6.45) is 3.22. The van der Waals surface area contributed by atoms with Crippen molar-refractivity contribution in [3.05, 3.63) is 46.7 Å². The van der Waals surface area contributed by atoms with Crippen LogP contribution in [-0.2, 0) is 11.3 Å². The van der Waals surface area contributed by atoms with Crippen molar-refractivity contribution < 1.29 is 9.53 Å². The zero-order valence-electron chi connectivity index (χ0n) is 12.1. The van der Waals surface area contributed by atoms with Gasteiger partial charge in [-0.25, -0.2) is 0 Å². The average Bonchev–Trinajstić information content (AvgIpc) is 2.96. The molecule has 3 nitrogen and oxygen atoms in total. The number of benzene rings is 1. The van der Waals surface area contributed by atoms with E-state index in [-0.39, 0.29) is 11.8 Å². The van der Waals surface area contributed by atoms with Gasteiger partial charge in [0.1, 0.15) is 5.75 Å². The second-order valence-corrected chi connectivity index (χ2v) is 6.36. The lowest BCUT2D eigenvalue weighted by atomic mass is 9.84. The van der Waals surface area contributed by atoms with Crippen LogP contribution in [0.2, 0.25) is 0 Å². The normalized spacial score (nSPS) is 14.5. The van der Waals surface area contributed by atoms with Crippen LogP contribution >= 0.6 is 11.3 Å². The van der Waals surface area contributed by atoms with Crippen molar-refractivity contribution in [3.63, 3.8) is 0 Å². The molecular formula is C17H19NO2S. The first-order chi connectivity index (χ1) is 10.3. The zero-order valence-corrected chi connectivity index (χ0v) is 12.9. The van der Waals surface area contributed by atoms with Crippen molar-refractivity contribution in [2.24, 2.45) is 5.92 Å². The van der Waals surface area contributed by atoms with E-state index in [1.807, 2.05) is 35.2 Å². The summed E-state index contributed by atoms with van der Waals surface area (Å²) in [4.78, 5) is 15.8. The first-order valence-electron chi connectivity index (χ1n) is 7.26. The predicted octanol–water partition coefficient (Wildman–Crippen LogP) is 4.09. The van der Waals surface area contributed by atoms with Crippen molar-refractivity contribution in [1.82, 2.24) is 0 Å². The molecular weight excluding hydrogens is 282 g/mol. The molecule has 1 aromatic carbocycles. The highest BCUT2D eigenvalue weighted by atomic mass is 32.1. The van der Waals surface area contributed by atoms with Gasteiger partial charge in [0.15, 0.2) is 0 Å². The quantitative estimate of drug-likeness (QED) is 0.832. The fourth-order valence-corrected chi connectivity index (χ4v) is 3.19. The molecule has 0 radical (unpaired) electrons. The van der Waals surface area contributed by atoms with Crippen LogP contribution in [-0.4, -0.2) is 13.0 Å². The number of thiophene rings is 1. The van der Waals surface area contributed by atoms with Crippen LogP contribution in [0.25, 0.3) is 0 Å². The van der Waals surface area contributed by atoms with E-state index in [4.69, 9.17) is 4.74 Å². The Morgan fingerprint density at radius 1 is 1.29 bits per heavy atom. The van der Waals surface area contributed by atoms with Crippen LogP contribution < -0.4 is 9.64 Å². The van der Waals surface area contributed by atoms with Gasteiger partial charge in [-0.2, -0.15) is 0 Å². The number of hydrogen-bond acceptors (Lipinski definition) is 3. The number of amides is 1. The Labute approximate surface area is 129 Å². The van der Waals surface area contributed by atoms with Gasteiger partial charge in [-0.1, -0.05) is 12.5 Å². The number of nitrogens with zero attached hydrogens (tertiary/aromatic N) is 1. The van der Waals surface area contributed by atoms with Crippen molar-refractivity contribution in [2.75, 3.05) is 12.0 Å². The molecule has 1 aliphatic carbocycles. The number of hydrogen-bond donors (Lipinski definition) is 0. The lowest BCUT2D eigenvalue weighted by Crippen LogP contribution is -2.38. The standard InChI is InChI=1S/C17H19NO2S/c1-20-15-9-7-14(8-10-15)18(12-16-6-3-11-21-16)17(19)13-4-2-5-13/h3,6-11,13H,2,4-5,12H2,1H3. The van der Waals surface area contributed by atoms with E-state index in [0.717, 1.165) is 24.3 Å². The third-order valence-electron chi connectivity index (χ3n) is 4.00. The minimum Gasteiger partial charge on any atom is -0.497 e. The Kier molecular flexibility index (Phi) is 4.25. The summed E-state index contributed by atoms with van der Waals surface area (Å²) in [6, 6.07) is 11.8. The number of ether oxygens (including phenoxy) is 1. The molecule has 4 heteroatoms. The minimum atomic E-state index is 0.201. The average molecular weight is 301 g/mol.